The maximum Gasteiger partial charge on any atom is 0.291 e. The SMILES string of the molecule is CCCCCOC(C)S(=O)(=O)O. The molecule has 0 fully saturated rings. The number of unbranched alkanes of at least 4 members (excludes halogenated alkanes) is 2. The third-order valence-corrected chi connectivity index (χ3v) is 2.49. The molecule has 0 aliphatic rings. The Balaban J connectivity index is 3.52. The van der Waals surface area contributed by atoms with Gasteiger partial charge in [-0.05, 0) is 13.3 Å². The van der Waals surface area contributed by atoms with Gasteiger partial charge in [0.05, 0.1) is 0 Å². The van der Waals surface area contributed by atoms with Crippen LogP contribution in [0.3, 0.4) is 0 Å². The van der Waals surface area contributed by atoms with Crippen LogP contribution in [-0.2, 0) is 14.9 Å². The van der Waals surface area contributed by atoms with Gasteiger partial charge in [0.15, 0.2) is 5.44 Å². The molecular formula is C7H16O4S. The van der Waals surface area contributed by atoms with Crippen LogP contribution >= 0.6 is 0 Å². The van der Waals surface area contributed by atoms with E-state index in [0.29, 0.717) is 6.61 Å². The highest BCUT2D eigenvalue weighted by molar-refractivity contribution is 7.86. The predicted octanol–water partition coefficient (Wildman–Crippen LogP) is 1.43. The van der Waals surface area contributed by atoms with Crippen molar-refractivity contribution < 1.29 is 17.7 Å². The molecule has 0 aliphatic heterocycles. The molecule has 0 aromatic carbocycles. The summed E-state index contributed by atoms with van der Waals surface area (Å²) in [7, 11) is -4.01. The van der Waals surface area contributed by atoms with Crippen LogP contribution in [0.15, 0.2) is 0 Å². The van der Waals surface area contributed by atoms with Crippen LogP contribution in [0, 0.1) is 0 Å². The lowest BCUT2D eigenvalue weighted by Crippen LogP contribution is -2.20. The molecule has 0 bridgehead atoms. The molecule has 4 nitrogen and oxygen atoms in total. The standard InChI is InChI=1S/C7H16O4S/c1-3-4-5-6-11-7(2)12(8,9)10/h7H,3-6H2,1-2H3,(H,8,9,10). The van der Waals surface area contributed by atoms with Gasteiger partial charge in [-0.25, -0.2) is 0 Å². The molecule has 0 aliphatic carbocycles. The Morgan fingerprint density at radius 2 is 2.00 bits per heavy atom. The second-order valence-corrected chi connectivity index (χ2v) is 4.35. The van der Waals surface area contributed by atoms with Gasteiger partial charge in [-0.3, -0.25) is 4.55 Å². The van der Waals surface area contributed by atoms with Crippen LogP contribution < -0.4 is 0 Å². The van der Waals surface area contributed by atoms with E-state index in [9.17, 15) is 8.42 Å². The third kappa shape index (κ3) is 5.51. The Morgan fingerprint density at radius 1 is 1.42 bits per heavy atom. The number of hydrogen-bond acceptors (Lipinski definition) is 3. The highest BCUT2D eigenvalue weighted by Gasteiger charge is 2.16. The molecule has 0 saturated heterocycles. The zero-order valence-corrected chi connectivity index (χ0v) is 8.30. The van der Waals surface area contributed by atoms with E-state index in [-0.39, 0.29) is 0 Å². The minimum atomic E-state index is -4.01. The minimum Gasteiger partial charge on any atom is -0.360 e. The van der Waals surface area contributed by atoms with Crippen molar-refractivity contribution in [2.75, 3.05) is 6.61 Å². The highest BCUT2D eigenvalue weighted by atomic mass is 32.2. The largest absolute Gasteiger partial charge is 0.360 e. The lowest BCUT2D eigenvalue weighted by atomic mass is 10.3. The molecule has 0 amide bonds. The summed E-state index contributed by atoms with van der Waals surface area (Å²) in [6.45, 7) is 3.75. The summed E-state index contributed by atoms with van der Waals surface area (Å²) >= 11 is 0. The molecular weight excluding hydrogens is 180 g/mol. The van der Waals surface area contributed by atoms with Gasteiger partial charge in [0, 0.05) is 6.61 Å². The van der Waals surface area contributed by atoms with E-state index in [1.165, 1.54) is 6.92 Å². The summed E-state index contributed by atoms with van der Waals surface area (Å²) in [5.74, 6) is 0. The molecule has 12 heavy (non-hydrogen) atoms. The van der Waals surface area contributed by atoms with Crippen LogP contribution in [0.1, 0.15) is 33.1 Å². The van der Waals surface area contributed by atoms with Crippen molar-refractivity contribution in [3.63, 3.8) is 0 Å². The van der Waals surface area contributed by atoms with Gasteiger partial charge in [0.2, 0.25) is 0 Å². The Labute approximate surface area is 73.7 Å². The molecule has 0 rings (SSSR count). The van der Waals surface area contributed by atoms with Crippen molar-refractivity contribution in [1.82, 2.24) is 0 Å². The Kier molecular flexibility index (Phi) is 5.44. The molecule has 1 N–H and O–H groups in total. The van der Waals surface area contributed by atoms with E-state index in [0.717, 1.165) is 19.3 Å². The normalized spacial score (nSPS) is 14.6. The molecule has 5 heteroatoms. The Bertz CT molecular complexity index is 197. The van der Waals surface area contributed by atoms with Crippen LogP contribution in [-0.4, -0.2) is 25.0 Å². The van der Waals surface area contributed by atoms with Gasteiger partial charge in [-0.1, -0.05) is 19.8 Å². The average molecular weight is 196 g/mol. The summed E-state index contributed by atoms with van der Waals surface area (Å²) in [4.78, 5) is 0. The fraction of sp³-hybridized carbons (Fsp3) is 1.00. The maximum absolute atomic E-state index is 10.4. The fourth-order valence-electron chi connectivity index (χ4n) is 0.687. The van der Waals surface area contributed by atoms with Crippen molar-refractivity contribution >= 4 is 10.1 Å². The zero-order valence-electron chi connectivity index (χ0n) is 7.49. The fourth-order valence-corrected chi connectivity index (χ4v) is 0.956. The summed E-state index contributed by atoms with van der Waals surface area (Å²) in [5.41, 5.74) is -1.10. The molecule has 0 aromatic heterocycles. The molecule has 0 saturated carbocycles. The summed E-state index contributed by atoms with van der Waals surface area (Å²) < 4.78 is 34.2. The van der Waals surface area contributed by atoms with Crippen LogP contribution in [0.2, 0.25) is 0 Å². The van der Waals surface area contributed by atoms with E-state index in [1.807, 2.05) is 6.92 Å². The van der Waals surface area contributed by atoms with Gasteiger partial charge in [-0.2, -0.15) is 8.42 Å². The number of hydrogen-bond donors (Lipinski definition) is 1. The predicted molar refractivity (Wildman–Crippen MR) is 46.5 cm³/mol. The number of rotatable bonds is 6. The van der Waals surface area contributed by atoms with Gasteiger partial charge in [0.1, 0.15) is 0 Å². The van der Waals surface area contributed by atoms with E-state index in [1.54, 1.807) is 0 Å². The van der Waals surface area contributed by atoms with Crippen LogP contribution in [0.5, 0.6) is 0 Å². The zero-order chi connectivity index (χ0) is 9.61. The summed E-state index contributed by atoms with van der Waals surface area (Å²) in [5, 5.41) is 0. The van der Waals surface area contributed by atoms with Crippen molar-refractivity contribution in [3.05, 3.63) is 0 Å². The summed E-state index contributed by atoms with van der Waals surface area (Å²) in [6, 6.07) is 0. The Hall–Kier alpha value is -0.130. The van der Waals surface area contributed by atoms with Crippen molar-refractivity contribution in [2.45, 2.75) is 38.5 Å². The second kappa shape index (κ2) is 5.50. The first kappa shape index (κ1) is 11.9. The maximum atomic E-state index is 10.4. The summed E-state index contributed by atoms with van der Waals surface area (Å²) in [6.07, 6.45) is 2.90. The van der Waals surface area contributed by atoms with Crippen molar-refractivity contribution in [1.29, 1.82) is 0 Å². The lowest BCUT2D eigenvalue weighted by Gasteiger charge is -2.08. The van der Waals surface area contributed by atoms with Crippen molar-refractivity contribution in [2.24, 2.45) is 0 Å². The first-order valence-electron chi connectivity index (χ1n) is 4.06. The molecule has 1 unspecified atom stereocenters. The van der Waals surface area contributed by atoms with Gasteiger partial charge in [-0.15, -0.1) is 0 Å². The first-order chi connectivity index (χ1) is 5.48. The van der Waals surface area contributed by atoms with E-state index in [4.69, 9.17) is 9.29 Å². The van der Waals surface area contributed by atoms with Crippen LogP contribution in [0.25, 0.3) is 0 Å². The minimum absolute atomic E-state index is 0.384. The molecule has 0 radical (unpaired) electrons. The van der Waals surface area contributed by atoms with E-state index < -0.39 is 15.6 Å². The highest BCUT2D eigenvalue weighted by Crippen LogP contribution is 2.02. The number of ether oxygens (including phenoxy) is 1. The Morgan fingerprint density at radius 3 is 2.42 bits per heavy atom. The smallest absolute Gasteiger partial charge is 0.291 e. The first-order valence-corrected chi connectivity index (χ1v) is 5.56. The molecule has 0 heterocycles. The monoisotopic (exact) mass is 196 g/mol. The quantitative estimate of drug-likeness (QED) is 0.515. The van der Waals surface area contributed by atoms with Crippen LogP contribution in [0.4, 0.5) is 0 Å². The van der Waals surface area contributed by atoms with Gasteiger partial charge >= 0.3 is 0 Å². The topological polar surface area (TPSA) is 63.6 Å². The van der Waals surface area contributed by atoms with Gasteiger partial charge in [0.25, 0.3) is 10.1 Å². The van der Waals surface area contributed by atoms with Gasteiger partial charge < -0.3 is 4.74 Å². The average Bonchev–Trinajstić information content (AvgIpc) is 1.96. The molecule has 74 valence electrons. The molecule has 1 atom stereocenters. The van der Waals surface area contributed by atoms with E-state index >= 15 is 0 Å². The third-order valence-electron chi connectivity index (χ3n) is 1.52. The molecule has 0 spiro atoms. The van der Waals surface area contributed by atoms with Crippen molar-refractivity contribution in [3.8, 4) is 0 Å². The second-order valence-electron chi connectivity index (χ2n) is 2.66. The molecule has 0 aromatic rings. The van der Waals surface area contributed by atoms with E-state index in [2.05, 4.69) is 0 Å². The lowest BCUT2D eigenvalue weighted by molar-refractivity contribution is 0.107.